The first-order chi connectivity index (χ1) is 20.6. The first-order valence-corrected chi connectivity index (χ1v) is 15.8. The Balaban J connectivity index is 1.42. The second-order valence-electron chi connectivity index (χ2n) is 9.74. The Kier molecular flexibility index (Phi) is 9.59. The maximum Gasteiger partial charge on any atom is 0.263 e. The summed E-state index contributed by atoms with van der Waals surface area (Å²) in [6.07, 6.45) is -1.02. The predicted octanol–water partition coefficient (Wildman–Crippen LogP) is 5.95. The maximum absolute atomic E-state index is 13.9. The number of nitrogens with zero attached hydrogens (tertiary/aromatic N) is 2. The zero-order valence-electron chi connectivity index (χ0n) is 22.6. The minimum atomic E-state index is -4.20. The molecule has 1 N–H and O–H groups in total. The van der Waals surface area contributed by atoms with Crippen LogP contribution in [0.2, 0.25) is 15.1 Å². The van der Waals surface area contributed by atoms with Crippen molar-refractivity contribution >= 4 is 62.3 Å². The number of hydrogen-bond acceptors (Lipinski definition) is 5. The second kappa shape index (κ2) is 13.4. The third-order valence-electron chi connectivity index (χ3n) is 6.80. The van der Waals surface area contributed by atoms with Crippen LogP contribution in [0, 0.1) is 0 Å². The fourth-order valence-electron chi connectivity index (χ4n) is 4.56. The molecule has 0 unspecified atom stereocenters. The first kappa shape index (κ1) is 30.8. The molecule has 8 nitrogen and oxygen atoms in total. The lowest BCUT2D eigenvalue weighted by Gasteiger charge is -2.35. The van der Waals surface area contributed by atoms with Gasteiger partial charge in [0.25, 0.3) is 5.91 Å². The van der Waals surface area contributed by atoms with E-state index in [1.54, 1.807) is 36.4 Å². The summed E-state index contributed by atoms with van der Waals surface area (Å²) in [5.74, 6) is -0.635. The molecule has 0 aromatic heterocycles. The number of fused-ring (bicyclic) bond motifs is 1. The average molecular weight is 659 g/mol. The van der Waals surface area contributed by atoms with E-state index in [2.05, 4.69) is 5.32 Å². The van der Waals surface area contributed by atoms with Crippen LogP contribution in [0.15, 0.2) is 102 Å². The number of anilines is 1. The highest BCUT2D eigenvalue weighted by atomic mass is 35.5. The van der Waals surface area contributed by atoms with E-state index in [4.69, 9.17) is 39.5 Å². The van der Waals surface area contributed by atoms with E-state index < -0.39 is 34.5 Å². The monoisotopic (exact) mass is 657 g/mol. The van der Waals surface area contributed by atoms with Crippen LogP contribution in [0.25, 0.3) is 0 Å². The number of carbonyl (C=O) groups is 2. The maximum atomic E-state index is 13.9. The molecular formula is C31H26Cl3N3O5S. The molecule has 1 aliphatic rings. The lowest BCUT2D eigenvalue weighted by molar-refractivity contribution is -0.128. The number of benzene rings is 4. The van der Waals surface area contributed by atoms with Crippen LogP contribution in [0.4, 0.5) is 5.69 Å². The van der Waals surface area contributed by atoms with Crippen molar-refractivity contribution in [3.63, 3.8) is 0 Å². The standard InChI is InChI=1S/C31H26Cl3N3O5S/c32-23-12-14-25(15-13-23)43(40,41)36(18-22-10-11-24(33)16-26(22)34)20-30(38)37-19-29(42-28-9-5-4-8-27(28)37)31(39)35-17-21-6-2-1-3-7-21/h1-16,29H,17-20H2,(H,35,39)/t29-/m0/s1. The minimum absolute atomic E-state index is 0.0460. The van der Waals surface area contributed by atoms with Gasteiger partial charge in [0.1, 0.15) is 5.75 Å². The normalized spacial score (nSPS) is 14.6. The number of para-hydroxylation sites is 2. The Morgan fingerprint density at radius 1 is 0.884 bits per heavy atom. The largest absolute Gasteiger partial charge is 0.477 e. The molecule has 0 fully saturated rings. The molecule has 0 saturated carbocycles. The van der Waals surface area contributed by atoms with E-state index in [1.165, 1.54) is 35.2 Å². The van der Waals surface area contributed by atoms with Crippen LogP contribution in [-0.2, 0) is 32.7 Å². The topological polar surface area (TPSA) is 96.0 Å². The van der Waals surface area contributed by atoms with Crippen LogP contribution in [-0.4, -0.2) is 43.7 Å². The van der Waals surface area contributed by atoms with Crippen LogP contribution in [0.5, 0.6) is 5.75 Å². The van der Waals surface area contributed by atoms with Crippen molar-refractivity contribution in [2.45, 2.75) is 24.1 Å². The third kappa shape index (κ3) is 7.31. The summed E-state index contributed by atoms with van der Waals surface area (Å²) in [5.41, 5.74) is 1.79. The third-order valence-corrected chi connectivity index (χ3v) is 9.45. The molecule has 12 heteroatoms. The lowest BCUT2D eigenvalue weighted by Crippen LogP contribution is -2.52. The van der Waals surface area contributed by atoms with Gasteiger partial charge < -0.3 is 15.0 Å². The summed E-state index contributed by atoms with van der Waals surface area (Å²) in [5, 5.41) is 3.85. The highest BCUT2D eigenvalue weighted by molar-refractivity contribution is 7.89. The van der Waals surface area contributed by atoms with Crippen LogP contribution >= 0.6 is 34.8 Å². The van der Waals surface area contributed by atoms with E-state index in [1.807, 2.05) is 30.3 Å². The van der Waals surface area contributed by atoms with Crippen molar-refractivity contribution in [1.29, 1.82) is 0 Å². The fraction of sp³-hybridized carbons (Fsp3) is 0.161. The van der Waals surface area contributed by atoms with Gasteiger partial charge in [-0.25, -0.2) is 8.42 Å². The highest BCUT2D eigenvalue weighted by Crippen LogP contribution is 2.34. The van der Waals surface area contributed by atoms with Crippen LogP contribution in [0.3, 0.4) is 0 Å². The summed E-state index contributed by atoms with van der Waals surface area (Å²) >= 11 is 18.4. The van der Waals surface area contributed by atoms with Crippen molar-refractivity contribution < 1.29 is 22.7 Å². The van der Waals surface area contributed by atoms with E-state index in [-0.39, 0.29) is 29.6 Å². The van der Waals surface area contributed by atoms with Gasteiger partial charge in [0.15, 0.2) is 6.10 Å². The molecule has 0 radical (unpaired) electrons. The predicted molar refractivity (Wildman–Crippen MR) is 167 cm³/mol. The molecule has 1 atom stereocenters. The Morgan fingerprint density at radius 2 is 1.56 bits per heavy atom. The Labute approximate surface area is 264 Å². The summed E-state index contributed by atoms with van der Waals surface area (Å²) in [7, 11) is -4.20. The van der Waals surface area contributed by atoms with Crippen LogP contribution < -0.4 is 15.0 Å². The SMILES string of the molecule is O=C(NCc1ccccc1)[C@@H]1CN(C(=O)CN(Cc2ccc(Cl)cc2Cl)S(=O)(=O)c2ccc(Cl)cc2)c2ccccc2O1. The number of amides is 2. The summed E-state index contributed by atoms with van der Waals surface area (Å²) in [4.78, 5) is 28.4. The van der Waals surface area contributed by atoms with E-state index in [9.17, 15) is 18.0 Å². The molecule has 2 amide bonds. The quantitative estimate of drug-likeness (QED) is 0.240. The average Bonchev–Trinajstić information content (AvgIpc) is 3.00. The van der Waals surface area contributed by atoms with E-state index in [0.717, 1.165) is 9.87 Å². The van der Waals surface area contributed by atoms with Gasteiger partial charge in [0, 0.05) is 28.2 Å². The molecule has 222 valence electrons. The van der Waals surface area contributed by atoms with Gasteiger partial charge in [0.2, 0.25) is 15.9 Å². The Morgan fingerprint density at radius 3 is 2.28 bits per heavy atom. The number of carbonyl (C=O) groups excluding carboxylic acids is 2. The van der Waals surface area contributed by atoms with Crippen molar-refractivity contribution in [3.05, 3.63) is 123 Å². The number of nitrogens with one attached hydrogen (secondary N) is 1. The number of rotatable bonds is 9. The number of halogens is 3. The fourth-order valence-corrected chi connectivity index (χ4v) is 6.53. The van der Waals surface area contributed by atoms with Crippen LogP contribution in [0.1, 0.15) is 11.1 Å². The van der Waals surface area contributed by atoms with Gasteiger partial charge in [-0.15, -0.1) is 0 Å². The molecule has 4 aromatic rings. The molecule has 1 heterocycles. The molecule has 1 aliphatic heterocycles. The highest BCUT2D eigenvalue weighted by Gasteiger charge is 2.36. The van der Waals surface area contributed by atoms with Crippen molar-refractivity contribution in [2.75, 3.05) is 18.0 Å². The van der Waals surface area contributed by atoms with Crippen molar-refractivity contribution in [1.82, 2.24) is 9.62 Å². The Hall–Kier alpha value is -3.60. The second-order valence-corrected chi connectivity index (χ2v) is 13.0. The molecule has 43 heavy (non-hydrogen) atoms. The minimum Gasteiger partial charge on any atom is -0.477 e. The number of hydrogen-bond donors (Lipinski definition) is 1. The van der Waals surface area contributed by atoms with E-state index >= 15 is 0 Å². The number of ether oxygens (including phenoxy) is 1. The van der Waals surface area contributed by atoms with Crippen molar-refractivity contribution in [3.8, 4) is 5.75 Å². The molecule has 4 aromatic carbocycles. The molecule has 0 bridgehead atoms. The number of sulfonamides is 1. The molecule has 5 rings (SSSR count). The van der Waals surface area contributed by atoms with Gasteiger partial charge >= 0.3 is 0 Å². The molecule has 0 spiro atoms. The smallest absolute Gasteiger partial charge is 0.263 e. The van der Waals surface area contributed by atoms with Gasteiger partial charge in [-0.05, 0) is 59.7 Å². The van der Waals surface area contributed by atoms with E-state index in [0.29, 0.717) is 27.0 Å². The van der Waals surface area contributed by atoms with Gasteiger partial charge in [-0.1, -0.05) is 83.3 Å². The summed E-state index contributed by atoms with van der Waals surface area (Å²) in [6, 6.07) is 26.6. The molecular weight excluding hydrogens is 633 g/mol. The zero-order valence-corrected chi connectivity index (χ0v) is 25.7. The van der Waals surface area contributed by atoms with Gasteiger partial charge in [-0.3, -0.25) is 9.59 Å². The molecule has 0 saturated heterocycles. The summed E-state index contributed by atoms with van der Waals surface area (Å²) < 4.78 is 34.7. The van der Waals surface area contributed by atoms with Gasteiger partial charge in [0.05, 0.1) is 23.7 Å². The van der Waals surface area contributed by atoms with Gasteiger partial charge in [-0.2, -0.15) is 4.31 Å². The lowest BCUT2D eigenvalue weighted by atomic mass is 10.1. The zero-order chi connectivity index (χ0) is 30.6. The summed E-state index contributed by atoms with van der Waals surface area (Å²) in [6.45, 7) is -0.590. The molecule has 0 aliphatic carbocycles. The van der Waals surface area contributed by atoms with Crippen molar-refractivity contribution in [2.24, 2.45) is 0 Å². The Bertz CT molecular complexity index is 1740. The first-order valence-electron chi connectivity index (χ1n) is 13.2.